The molecule has 4 heteroatoms. The Hall–Kier alpha value is -1.55. The normalized spacial score (nSPS) is 30.3. The van der Waals surface area contributed by atoms with Crippen molar-refractivity contribution in [3.63, 3.8) is 0 Å². The van der Waals surface area contributed by atoms with E-state index in [4.69, 9.17) is 19.1 Å². The number of ketones is 1. The molecule has 0 radical (unpaired) electrons. The quantitative estimate of drug-likeness (QED) is 0.852. The Bertz CT molecular complexity index is 808. The lowest BCUT2D eigenvalue weighted by atomic mass is 9.75. The maximum Gasteiger partial charge on any atom is 0.161 e. The number of fused-ring (bicyclic) bond motifs is 3. The van der Waals surface area contributed by atoms with Crippen LogP contribution >= 0.6 is 0 Å². The molecule has 2 unspecified atom stereocenters. The first-order valence-corrected chi connectivity index (χ1v) is 7.85. The van der Waals surface area contributed by atoms with E-state index in [1.165, 1.54) is 14.2 Å². The second-order valence-electron chi connectivity index (χ2n) is 6.14. The topological polar surface area (TPSA) is 38.8 Å². The number of rotatable bonds is 4. The summed E-state index contributed by atoms with van der Waals surface area (Å²) in [5, 5.41) is 0. The third-order valence-electron chi connectivity index (χ3n) is 4.89. The van der Waals surface area contributed by atoms with Crippen molar-refractivity contribution in [3.05, 3.63) is 23.3 Å². The van der Waals surface area contributed by atoms with Gasteiger partial charge in [0.1, 0.15) is 5.78 Å². The first kappa shape index (κ1) is 9.67. The number of methoxy groups -OCH3 is 2. The summed E-state index contributed by atoms with van der Waals surface area (Å²) in [5.74, 6) is -2.81. The zero-order chi connectivity index (χ0) is 22.5. The van der Waals surface area contributed by atoms with Gasteiger partial charge in [-0.15, -0.1) is 0 Å². The Morgan fingerprint density at radius 1 is 1.26 bits per heavy atom. The van der Waals surface area contributed by atoms with E-state index < -0.39 is 38.0 Å². The van der Waals surface area contributed by atoms with Crippen LogP contribution in [-0.4, -0.2) is 38.0 Å². The van der Waals surface area contributed by atoms with E-state index in [0.717, 1.165) is 17.5 Å². The third-order valence-corrected chi connectivity index (χ3v) is 4.89. The Kier molecular flexibility index (Phi) is 2.74. The predicted octanol–water partition coefficient (Wildman–Crippen LogP) is 3.24. The summed E-state index contributed by atoms with van der Waals surface area (Å²) in [7, 11) is 3.04. The number of nitrogens with zero attached hydrogens (tertiary/aromatic N) is 1. The fourth-order valence-electron chi connectivity index (χ4n) is 3.81. The highest BCUT2D eigenvalue weighted by atomic mass is 16.5. The minimum atomic E-state index is -3.06. The molecule has 2 aliphatic rings. The van der Waals surface area contributed by atoms with E-state index in [1.807, 2.05) is 6.07 Å². The zero-order valence-electron chi connectivity index (χ0n) is 20.5. The average Bonchev–Trinajstić information content (AvgIpc) is 2.66. The van der Waals surface area contributed by atoms with Gasteiger partial charge in [-0.05, 0) is 42.0 Å². The molecule has 23 heavy (non-hydrogen) atoms. The molecule has 2 aliphatic heterocycles. The number of ether oxygens (including phenoxy) is 2. The van der Waals surface area contributed by atoms with E-state index in [-0.39, 0.29) is 12.2 Å². The number of carbonyl (C=O) groups excluding carboxylic acids is 1. The molecule has 3 rings (SSSR count). The van der Waals surface area contributed by atoms with Crippen LogP contribution in [-0.2, 0) is 11.2 Å². The number of hydrogen-bond acceptors (Lipinski definition) is 4. The van der Waals surface area contributed by atoms with Gasteiger partial charge in [0.05, 0.1) is 14.2 Å². The van der Waals surface area contributed by atoms with Crippen LogP contribution in [0, 0.1) is 11.8 Å². The summed E-state index contributed by atoms with van der Waals surface area (Å²) in [4.78, 5) is 15.0. The Balaban J connectivity index is 2.10. The van der Waals surface area contributed by atoms with Gasteiger partial charge in [0.15, 0.2) is 11.5 Å². The van der Waals surface area contributed by atoms with E-state index in [2.05, 4.69) is 4.90 Å². The molecule has 0 spiro atoms. The molecule has 0 saturated carbocycles. The molecule has 1 aromatic rings. The van der Waals surface area contributed by atoms with Crippen LogP contribution in [0.5, 0.6) is 11.5 Å². The van der Waals surface area contributed by atoms with Gasteiger partial charge in [-0.25, -0.2) is 0 Å². The van der Waals surface area contributed by atoms with Crippen LogP contribution in [0.1, 0.15) is 53.3 Å². The van der Waals surface area contributed by atoms with E-state index in [1.54, 1.807) is 6.07 Å². The maximum absolute atomic E-state index is 12.9. The molecule has 0 amide bonds. The van der Waals surface area contributed by atoms with Gasteiger partial charge in [-0.3, -0.25) is 9.69 Å². The molecule has 2 atom stereocenters. The van der Waals surface area contributed by atoms with Crippen molar-refractivity contribution in [1.82, 2.24) is 4.90 Å². The molecule has 0 aliphatic carbocycles. The fraction of sp³-hybridized carbons (Fsp3) is 0.632. The van der Waals surface area contributed by atoms with Crippen LogP contribution in [0.15, 0.2) is 12.1 Å². The van der Waals surface area contributed by atoms with Gasteiger partial charge >= 0.3 is 0 Å². The first-order chi connectivity index (χ1) is 13.8. The largest absolute Gasteiger partial charge is 0.493 e. The average molecular weight is 324 g/mol. The van der Waals surface area contributed by atoms with Crippen molar-refractivity contribution in [2.75, 3.05) is 27.3 Å². The van der Waals surface area contributed by atoms with Crippen LogP contribution in [0.4, 0.5) is 0 Å². The molecule has 1 saturated heterocycles. The SMILES string of the molecule is [2H]C([2H])([2H])C([2H])(CC1C(=O)CCN2CCc3cc(OC)c(OC)cc3C12)C([2H])([2H])[2H]. The van der Waals surface area contributed by atoms with Crippen molar-refractivity contribution in [2.24, 2.45) is 11.8 Å². The molecule has 4 nitrogen and oxygen atoms in total. The highest BCUT2D eigenvalue weighted by Gasteiger charge is 2.41. The van der Waals surface area contributed by atoms with E-state index >= 15 is 0 Å². The van der Waals surface area contributed by atoms with Gasteiger partial charge in [0.25, 0.3) is 0 Å². The molecule has 0 N–H and O–H groups in total. The first-order valence-electron chi connectivity index (χ1n) is 11.4. The van der Waals surface area contributed by atoms with Crippen molar-refractivity contribution in [2.45, 2.75) is 39.0 Å². The van der Waals surface area contributed by atoms with Gasteiger partial charge in [-0.1, -0.05) is 13.7 Å². The number of benzene rings is 1. The molecule has 1 fully saturated rings. The smallest absolute Gasteiger partial charge is 0.161 e. The van der Waals surface area contributed by atoms with Gasteiger partial charge in [0.2, 0.25) is 0 Å². The molecule has 0 aromatic heterocycles. The summed E-state index contributed by atoms with van der Waals surface area (Å²) in [6.45, 7) is -4.95. The second kappa shape index (κ2) is 6.52. The summed E-state index contributed by atoms with van der Waals surface area (Å²) in [6, 6.07) is 3.14. The minimum Gasteiger partial charge on any atom is -0.493 e. The fourth-order valence-corrected chi connectivity index (χ4v) is 3.81. The lowest BCUT2D eigenvalue weighted by Crippen LogP contribution is -2.47. The monoisotopic (exact) mass is 324 g/mol. The summed E-state index contributed by atoms with van der Waals surface area (Å²) < 4.78 is 65.7. The molecular weight excluding hydrogens is 290 g/mol. The van der Waals surface area contributed by atoms with E-state index in [9.17, 15) is 4.79 Å². The predicted molar refractivity (Wildman–Crippen MR) is 90.1 cm³/mol. The number of carbonyl (C=O) groups is 1. The maximum atomic E-state index is 12.9. The molecular formula is C19H27NO3. The van der Waals surface area contributed by atoms with Crippen molar-refractivity contribution in [3.8, 4) is 11.5 Å². The van der Waals surface area contributed by atoms with Gasteiger partial charge < -0.3 is 9.47 Å². The zero-order valence-corrected chi connectivity index (χ0v) is 13.5. The van der Waals surface area contributed by atoms with Crippen molar-refractivity contribution in [1.29, 1.82) is 0 Å². The van der Waals surface area contributed by atoms with Crippen LogP contribution in [0.2, 0.25) is 0 Å². The van der Waals surface area contributed by atoms with Crippen molar-refractivity contribution < 1.29 is 23.9 Å². The van der Waals surface area contributed by atoms with Gasteiger partial charge in [-0.2, -0.15) is 0 Å². The van der Waals surface area contributed by atoms with Crippen LogP contribution < -0.4 is 9.47 Å². The second-order valence-corrected chi connectivity index (χ2v) is 6.14. The summed E-state index contributed by atoms with van der Waals surface area (Å²) in [6.07, 6.45) is 0.368. The standard InChI is InChI=1S/C19H27NO3/c1-12(2)9-15-16(21)6-8-20-7-5-13-10-17(22-3)18(23-4)11-14(13)19(15)20/h10-12,15,19H,5-9H2,1-4H3/i1D3,2D3,12D. The lowest BCUT2D eigenvalue weighted by Gasteiger charge is -2.45. The minimum absolute atomic E-state index is 0.205. The summed E-state index contributed by atoms with van der Waals surface area (Å²) >= 11 is 0. The van der Waals surface area contributed by atoms with Crippen LogP contribution in [0.25, 0.3) is 0 Å². The Morgan fingerprint density at radius 2 is 1.96 bits per heavy atom. The molecule has 2 heterocycles. The van der Waals surface area contributed by atoms with Crippen molar-refractivity contribution >= 4 is 5.78 Å². The third kappa shape index (κ3) is 2.97. The van der Waals surface area contributed by atoms with E-state index in [0.29, 0.717) is 24.6 Å². The highest BCUT2D eigenvalue weighted by molar-refractivity contribution is 5.83. The lowest BCUT2D eigenvalue weighted by molar-refractivity contribution is -0.130. The molecule has 126 valence electrons. The van der Waals surface area contributed by atoms with Gasteiger partial charge in [0, 0.05) is 41.1 Å². The Morgan fingerprint density at radius 3 is 2.65 bits per heavy atom. The summed E-state index contributed by atoms with van der Waals surface area (Å²) in [5.41, 5.74) is 1.75. The Labute approximate surface area is 148 Å². The highest BCUT2D eigenvalue weighted by Crippen LogP contribution is 2.44. The number of piperidine rings is 1. The number of hydrogen-bond donors (Lipinski definition) is 0. The molecule has 0 bridgehead atoms. The number of Topliss-reactive ketones (excluding diaryl/α,β-unsaturated/α-hetero) is 1. The molecule has 1 aromatic carbocycles. The van der Waals surface area contributed by atoms with Crippen LogP contribution in [0.3, 0.4) is 0 Å².